The number of nitrogens with one attached hydrogen (secondary N) is 1. The second kappa shape index (κ2) is 8.70. The molecule has 1 atom stereocenters. The second-order valence-electron chi connectivity index (χ2n) is 6.23. The van der Waals surface area contributed by atoms with Gasteiger partial charge in [-0.1, -0.05) is 17.7 Å². The summed E-state index contributed by atoms with van der Waals surface area (Å²) in [5.74, 6) is 0.304. The Morgan fingerprint density at radius 3 is 2.29 bits per heavy atom. The maximum absolute atomic E-state index is 12.7. The number of methoxy groups -OCH3 is 2. The molecular weight excluding hydrogens is 404 g/mol. The summed E-state index contributed by atoms with van der Waals surface area (Å²) in [6.45, 7) is 3.35. The van der Waals surface area contributed by atoms with E-state index in [2.05, 4.69) is 5.32 Å². The summed E-state index contributed by atoms with van der Waals surface area (Å²) in [6, 6.07) is 8.70. The van der Waals surface area contributed by atoms with Crippen LogP contribution < -0.4 is 19.1 Å². The number of halogens is 1. The molecule has 7 nitrogen and oxygen atoms in total. The monoisotopic (exact) mass is 426 g/mol. The molecule has 0 saturated carbocycles. The zero-order chi connectivity index (χ0) is 21.1. The largest absolute Gasteiger partial charge is 0.493 e. The minimum absolute atomic E-state index is 0.282. The highest BCUT2D eigenvalue weighted by atomic mass is 35.5. The number of rotatable bonds is 7. The maximum atomic E-state index is 12.7. The van der Waals surface area contributed by atoms with E-state index in [1.165, 1.54) is 27.2 Å². The number of amides is 1. The molecule has 0 radical (unpaired) electrons. The average Bonchev–Trinajstić information content (AvgIpc) is 2.63. The van der Waals surface area contributed by atoms with Gasteiger partial charge in [-0.05, 0) is 43.7 Å². The van der Waals surface area contributed by atoms with Crippen LogP contribution in [-0.2, 0) is 14.8 Å². The van der Waals surface area contributed by atoms with Gasteiger partial charge < -0.3 is 14.8 Å². The SMILES string of the molecule is COc1ccc(N([C@H](C)C(=O)Nc2ccc(C)c(Cl)c2)S(C)(=O)=O)cc1OC. The molecule has 0 saturated heterocycles. The highest BCUT2D eigenvalue weighted by Gasteiger charge is 2.30. The van der Waals surface area contributed by atoms with Crippen LogP contribution in [0.5, 0.6) is 11.5 Å². The van der Waals surface area contributed by atoms with E-state index in [9.17, 15) is 13.2 Å². The fourth-order valence-corrected chi connectivity index (χ4v) is 4.04. The third-order valence-electron chi connectivity index (χ3n) is 4.15. The smallest absolute Gasteiger partial charge is 0.247 e. The molecule has 0 spiro atoms. The van der Waals surface area contributed by atoms with Gasteiger partial charge in [-0.2, -0.15) is 0 Å². The standard InChI is InChI=1S/C19H23ClN2O5S/c1-12-6-7-14(10-16(12)20)21-19(23)13(2)22(28(5,24)25)15-8-9-17(26-3)18(11-15)27-4/h6-11,13H,1-5H3,(H,21,23)/t13-/m1/s1. The van der Waals surface area contributed by atoms with Crippen LogP contribution in [0.3, 0.4) is 0 Å². The summed E-state index contributed by atoms with van der Waals surface area (Å²) in [7, 11) is -0.835. The highest BCUT2D eigenvalue weighted by molar-refractivity contribution is 7.92. The number of ether oxygens (including phenoxy) is 2. The van der Waals surface area contributed by atoms with Crippen molar-refractivity contribution in [2.45, 2.75) is 19.9 Å². The van der Waals surface area contributed by atoms with Gasteiger partial charge in [0.05, 0.1) is 26.2 Å². The van der Waals surface area contributed by atoms with Crippen LogP contribution in [0.2, 0.25) is 5.02 Å². The number of carbonyl (C=O) groups is 1. The van der Waals surface area contributed by atoms with E-state index in [0.717, 1.165) is 16.1 Å². The summed E-state index contributed by atoms with van der Waals surface area (Å²) < 4.78 is 36.3. The summed E-state index contributed by atoms with van der Waals surface area (Å²) in [5.41, 5.74) is 1.63. The number of hydrogen-bond acceptors (Lipinski definition) is 5. The molecule has 2 aromatic carbocycles. The van der Waals surface area contributed by atoms with E-state index in [1.54, 1.807) is 30.3 Å². The Bertz CT molecular complexity index is 978. The van der Waals surface area contributed by atoms with Gasteiger partial charge in [0, 0.05) is 16.8 Å². The van der Waals surface area contributed by atoms with Crippen molar-refractivity contribution in [3.63, 3.8) is 0 Å². The van der Waals surface area contributed by atoms with Crippen LogP contribution in [0.25, 0.3) is 0 Å². The van der Waals surface area contributed by atoms with Crippen molar-refractivity contribution >= 4 is 38.9 Å². The molecule has 1 N–H and O–H groups in total. The van der Waals surface area contributed by atoms with Crippen molar-refractivity contribution < 1.29 is 22.7 Å². The predicted octanol–water partition coefficient (Wildman–Crippen LogP) is 3.46. The van der Waals surface area contributed by atoms with Crippen LogP contribution in [0, 0.1) is 6.92 Å². The van der Waals surface area contributed by atoms with Gasteiger partial charge in [0.25, 0.3) is 0 Å². The molecule has 2 rings (SSSR count). The first-order valence-corrected chi connectivity index (χ1v) is 10.6. The van der Waals surface area contributed by atoms with Crippen LogP contribution in [0.1, 0.15) is 12.5 Å². The van der Waals surface area contributed by atoms with Crippen molar-refractivity contribution in [3.05, 3.63) is 47.0 Å². The molecule has 9 heteroatoms. The van der Waals surface area contributed by atoms with Gasteiger partial charge in [-0.3, -0.25) is 9.10 Å². The molecule has 0 aliphatic heterocycles. The number of carbonyl (C=O) groups excluding carboxylic acids is 1. The third-order valence-corrected chi connectivity index (χ3v) is 5.80. The average molecular weight is 427 g/mol. The number of nitrogens with zero attached hydrogens (tertiary/aromatic N) is 1. The van der Waals surface area contributed by atoms with E-state index in [0.29, 0.717) is 22.2 Å². The van der Waals surface area contributed by atoms with Gasteiger partial charge in [-0.25, -0.2) is 8.42 Å². The number of benzene rings is 2. The lowest BCUT2D eigenvalue weighted by Gasteiger charge is -2.28. The van der Waals surface area contributed by atoms with Gasteiger partial charge in [-0.15, -0.1) is 0 Å². The first kappa shape index (κ1) is 21.8. The number of aryl methyl sites for hydroxylation is 1. The van der Waals surface area contributed by atoms with Crippen LogP contribution in [-0.4, -0.2) is 40.8 Å². The predicted molar refractivity (Wildman–Crippen MR) is 111 cm³/mol. The third kappa shape index (κ3) is 4.88. The van der Waals surface area contributed by atoms with Crippen molar-refractivity contribution in [3.8, 4) is 11.5 Å². The van der Waals surface area contributed by atoms with Gasteiger partial charge in [0.15, 0.2) is 11.5 Å². The van der Waals surface area contributed by atoms with Crippen molar-refractivity contribution in [2.75, 3.05) is 30.1 Å². The van der Waals surface area contributed by atoms with E-state index in [1.807, 2.05) is 6.92 Å². The van der Waals surface area contributed by atoms with E-state index in [-0.39, 0.29) is 5.69 Å². The van der Waals surface area contributed by atoms with E-state index < -0.39 is 22.0 Å². The molecule has 0 aliphatic carbocycles. The van der Waals surface area contributed by atoms with E-state index in [4.69, 9.17) is 21.1 Å². The lowest BCUT2D eigenvalue weighted by atomic mass is 10.2. The molecule has 0 unspecified atom stereocenters. The summed E-state index contributed by atoms with van der Waals surface area (Å²) in [5, 5.41) is 3.20. The molecule has 0 fully saturated rings. The summed E-state index contributed by atoms with van der Waals surface area (Å²) >= 11 is 6.09. The molecule has 28 heavy (non-hydrogen) atoms. The van der Waals surface area contributed by atoms with Crippen LogP contribution >= 0.6 is 11.6 Å². The Labute approximate surface area is 170 Å². The van der Waals surface area contributed by atoms with Crippen molar-refractivity contribution in [1.82, 2.24) is 0 Å². The summed E-state index contributed by atoms with van der Waals surface area (Å²) in [6.07, 6.45) is 1.04. The number of anilines is 2. The lowest BCUT2D eigenvalue weighted by molar-refractivity contribution is -0.116. The Balaban J connectivity index is 2.37. The number of hydrogen-bond donors (Lipinski definition) is 1. The molecule has 152 valence electrons. The van der Waals surface area contributed by atoms with Gasteiger partial charge in [0.2, 0.25) is 15.9 Å². The Morgan fingerprint density at radius 1 is 1.11 bits per heavy atom. The van der Waals surface area contributed by atoms with E-state index >= 15 is 0 Å². The molecule has 1 amide bonds. The fourth-order valence-electron chi connectivity index (χ4n) is 2.69. The molecule has 0 aromatic heterocycles. The zero-order valence-electron chi connectivity index (χ0n) is 16.3. The molecule has 2 aromatic rings. The normalized spacial score (nSPS) is 12.2. The second-order valence-corrected chi connectivity index (χ2v) is 8.49. The quantitative estimate of drug-likeness (QED) is 0.732. The minimum atomic E-state index is -3.76. The highest BCUT2D eigenvalue weighted by Crippen LogP contribution is 2.33. The Hall–Kier alpha value is -2.45. The minimum Gasteiger partial charge on any atom is -0.493 e. The van der Waals surface area contributed by atoms with Crippen molar-refractivity contribution in [1.29, 1.82) is 0 Å². The lowest BCUT2D eigenvalue weighted by Crippen LogP contribution is -2.45. The zero-order valence-corrected chi connectivity index (χ0v) is 17.9. The molecule has 0 heterocycles. The topological polar surface area (TPSA) is 84.9 Å². The fraction of sp³-hybridized carbons (Fsp3) is 0.316. The number of sulfonamides is 1. The molecule has 0 bridgehead atoms. The Morgan fingerprint density at radius 2 is 1.75 bits per heavy atom. The van der Waals surface area contributed by atoms with Crippen LogP contribution in [0.15, 0.2) is 36.4 Å². The van der Waals surface area contributed by atoms with Gasteiger partial charge in [0.1, 0.15) is 6.04 Å². The molecular formula is C19H23ClN2O5S. The molecule has 0 aliphatic rings. The van der Waals surface area contributed by atoms with Crippen LogP contribution in [0.4, 0.5) is 11.4 Å². The summed E-state index contributed by atoms with van der Waals surface area (Å²) in [4.78, 5) is 12.7. The first-order chi connectivity index (χ1) is 13.1. The van der Waals surface area contributed by atoms with Crippen molar-refractivity contribution in [2.24, 2.45) is 0 Å². The first-order valence-electron chi connectivity index (χ1n) is 8.37. The maximum Gasteiger partial charge on any atom is 0.247 e. The Kier molecular flexibility index (Phi) is 6.79. The van der Waals surface area contributed by atoms with Gasteiger partial charge >= 0.3 is 0 Å².